The zero-order valence-electron chi connectivity index (χ0n) is 31.7. The molecule has 4 heterocycles. The van der Waals surface area contributed by atoms with Crippen molar-refractivity contribution in [1.82, 2.24) is 0 Å². The highest BCUT2D eigenvalue weighted by Gasteiger charge is 2.49. The van der Waals surface area contributed by atoms with Crippen LogP contribution in [0.15, 0.2) is 121 Å². The predicted octanol–water partition coefficient (Wildman–Crippen LogP) is 12.2. The highest BCUT2D eigenvalue weighted by atomic mass is 16.6. The molecule has 1 aliphatic carbocycles. The summed E-state index contributed by atoms with van der Waals surface area (Å²) in [5, 5.41) is 2.44. The molecule has 0 radical (unpaired) electrons. The van der Waals surface area contributed by atoms with E-state index in [2.05, 4.69) is 141 Å². The average Bonchev–Trinajstić information content (AvgIpc) is 3.19. The van der Waals surface area contributed by atoms with E-state index in [1.54, 1.807) is 0 Å². The van der Waals surface area contributed by atoms with Gasteiger partial charge in [-0.2, -0.15) is 0 Å². The molecule has 4 aliphatic heterocycles. The molecule has 0 saturated carbocycles. The minimum atomic E-state index is -0.182. The second-order valence-corrected chi connectivity index (χ2v) is 17.2. The lowest BCUT2D eigenvalue weighted by molar-refractivity contribution is 0.332. The van der Waals surface area contributed by atoms with Gasteiger partial charge in [-0.15, -0.1) is 0 Å². The minimum absolute atomic E-state index is 0.0423. The van der Waals surface area contributed by atoms with Crippen LogP contribution >= 0.6 is 0 Å². The minimum Gasteiger partial charge on any atom is -0.453 e. The van der Waals surface area contributed by atoms with Crippen LogP contribution in [0.5, 0.6) is 34.5 Å². The lowest BCUT2D eigenvalue weighted by atomic mass is 9.43. The fourth-order valence-corrected chi connectivity index (χ4v) is 10.2. The molecule has 12 rings (SSSR count). The largest absolute Gasteiger partial charge is 0.453 e. The standard InChI is InChI=1S/C49H39BN2O3/c1-28-23-32-33(49(4,5)22-21-48(32,2)3)25-36(28)51-37-27-44-43(54-40-18-10-11-19-41(40)55-44)26-34(37)50-46-38(51)24-29-13-6-7-14-30(29)45(46)31-15-12-20-42-47(31)52(50)35-16-8-9-17-39(35)53-42/h6-20,23-27H,21-22H2,1-5H3. The Morgan fingerprint density at radius 1 is 0.545 bits per heavy atom. The van der Waals surface area contributed by atoms with Gasteiger partial charge in [-0.05, 0) is 123 Å². The van der Waals surface area contributed by atoms with Gasteiger partial charge >= 0.3 is 6.85 Å². The van der Waals surface area contributed by atoms with E-state index in [9.17, 15) is 0 Å². The lowest BCUT2D eigenvalue weighted by Crippen LogP contribution is -2.62. The zero-order valence-corrected chi connectivity index (χ0v) is 31.7. The van der Waals surface area contributed by atoms with E-state index < -0.39 is 0 Å². The number of benzene rings is 7. The summed E-state index contributed by atoms with van der Waals surface area (Å²) in [5.74, 6) is 4.58. The van der Waals surface area contributed by atoms with E-state index in [1.165, 1.54) is 61.8 Å². The Hall–Kier alpha value is -6.14. The van der Waals surface area contributed by atoms with Crippen molar-refractivity contribution < 1.29 is 14.2 Å². The van der Waals surface area contributed by atoms with Crippen molar-refractivity contribution in [3.8, 4) is 45.6 Å². The third-order valence-corrected chi connectivity index (χ3v) is 13.0. The van der Waals surface area contributed by atoms with Crippen molar-refractivity contribution in [3.05, 3.63) is 138 Å². The van der Waals surface area contributed by atoms with Crippen molar-refractivity contribution in [2.24, 2.45) is 0 Å². The number of nitrogens with zero attached hydrogens (tertiary/aromatic N) is 2. The molecule has 0 atom stereocenters. The van der Waals surface area contributed by atoms with Crippen LogP contribution in [-0.4, -0.2) is 6.85 Å². The molecule has 0 amide bonds. The lowest BCUT2D eigenvalue weighted by Gasteiger charge is -2.48. The number of fused-ring (bicyclic) bond motifs is 11. The summed E-state index contributed by atoms with van der Waals surface area (Å²) in [5.41, 5.74) is 14.8. The molecule has 6 heteroatoms. The number of hydrogen-bond acceptors (Lipinski definition) is 5. The summed E-state index contributed by atoms with van der Waals surface area (Å²) in [7, 11) is 0. The average molecular weight is 715 g/mol. The van der Waals surface area contributed by atoms with Gasteiger partial charge in [0.2, 0.25) is 0 Å². The molecule has 0 unspecified atom stereocenters. The van der Waals surface area contributed by atoms with E-state index in [0.717, 1.165) is 51.9 Å². The second kappa shape index (κ2) is 10.5. The van der Waals surface area contributed by atoms with Gasteiger partial charge in [0.25, 0.3) is 0 Å². The zero-order chi connectivity index (χ0) is 37.0. The van der Waals surface area contributed by atoms with E-state index in [0.29, 0.717) is 11.5 Å². The summed E-state index contributed by atoms with van der Waals surface area (Å²) < 4.78 is 20.1. The number of ether oxygens (including phenoxy) is 3. The van der Waals surface area contributed by atoms with Crippen molar-refractivity contribution in [3.63, 3.8) is 0 Å². The van der Waals surface area contributed by atoms with Crippen LogP contribution in [0.25, 0.3) is 21.9 Å². The predicted molar refractivity (Wildman–Crippen MR) is 224 cm³/mol. The normalized spacial score (nSPS) is 16.9. The van der Waals surface area contributed by atoms with Gasteiger partial charge in [0.05, 0.1) is 11.4 Å². The van der Waals surface area contributed by atoms with Crippen LogP contribution in [0.1, 0.15) is 57.2 Å². The van der Waals surface area contributed by atoms with E-state index in [4.69, 9.17) is 14.2 Å². The Morgan fingerprint density at radius 3 is 1.96 bits per heavy atom. The molecule has 7 aromatic rings. The SMILES string of the molecule is Cc1cc2c(cc1N1c3cc4c(cc3B3c5c1cc1ccccc1c5-c1cccc5c1N3c1ccccc1O5)Oc1ccccc1O4)C(C)(C)CCC2(C)C. The molecule has 0 N–H and O–H groups in total. The van der Waals surface area contributed by atoms with Gasteiger partial charge < -0.3 is 23.9 Å². The Balaban J connectivity index is 1.22. The van der Waals surface area contributed by atoms with Crippen LogP contribution in [0, 0.1) is 6.92 Å². The molecular weight excluding hydrogens is 675 g/mol. The molecular formula is C49H39BN2O3. The first-order valence-corrected chi connectivity index (χ1v) is 19.5. The molecule has 0 fully saturated rings. The van der Waals surface area contributed by atoms with Gasteiger partial charge in [0.1, 0.15) is 5.75 Å². The fraction of sp³-hybridized carbons (Fsp3) is 0.184. The summed E-state index contributed by atoms with van der Waals surface area (Å²) in [6.45, 7) is 11.8. The number of aryl methyl sites for hydroxylation is 1. The molecule has 5 nitrogen and oxygen atoms in total. The molecule has 5 aliphatic rings. The molecule has 0 bridgehead atoms. The maximum absolute atomic E-state index is 6.71. The molecule has 55 heavy (non-hydrogen) atoms. The van der Waals surface area contributed by atoms with Gasteiger partial charge in [0, 0.05) is 28.7 Å². The summed E-state index contributed by atoms with van der Waals surface area (Å²) in [4.78, 5) is 5.06. The number of hydrogen-bond donors (Lipinski definition) is 0. The monoisotopic (exact) mass is 714 g/mol. The maximum atomic E-state index is 6.71. The first-order valence-electron chi connectivity index (χ1n) is 19.5. The Kier molecular flexibility index (Phi) is 5.99. The van der Waals surface area contributed by atoms with Gasteiger partial charge in [-0.3, -0.25) is 0 Å². The Labute approximate surface area is 321 Å². The van der Waals surface area contributed by atoms with E-state index in [1.807, 2.05) is 24.3 Å². The highest BCUT2D eigenvalue weighted by molar-refractivity contribution is 6.94. The van der Waals surface area contributed by atoms with Crippen LogP contribution in [-0.2, 0) is 10.8 Å². The van der Waals surface area contributed by atoms with Crippen LogP contribution in [0.3, 0.4) is 0 Å². The van der Waals surface area contributed by atoms with Crippen molar-refractivity contribution in [2.75, 3.05) is 9.71 Å². The number of rotatable bonds is 1. The van der Waals surface area contributed by atoms with Gasteiger partial charge in [0.15, 0.2) is 28.7 Å². The Morgan fingerprint density at radius 2 is 1.18 bits per heavy atom. The molecule has 7 aromatic carbocycles. The summed E-state index contributed by atoms with van der Waals surface area (Å²) >= 11 is 0. The van der Waals surface area contributed by atoms with Crippen LogP contribution < -0.4 is 34.8 Å². The smallest absolute Gasteiger partial charge is 0.333 e. The van der Waals surface area contributed by atoms with E-state index in [-0.39, 0.29) is 17.7 Å². The second-order valence-electron chi connectivity index (χ2n) is 17.2. The molecule has 266 valence electrons. The maximum Gasteiger partial charge on any atom is 0.333 e. The van der Waals surface area contributed by atoms with Crippen LogP contribution in [0.4, 0.5) is 28.4 Å². The highest BCUT2D eigenvalue weighted by Crippen LogP contribution is 2.58. The first-order chi connectivity index (χ1) is 26.7. The summed E-state index contributed by atoms with van der Waals surface area (Å²) in [6.07, 6.45) is 2.32. The van der Waals surface area contributed by atoms with Gasteiger partial charge in [-0.1, -0.05) is 94.4 Å². The quantitative estimate of drug-likeness (QED) is 0.158. The van der Waals surface area contributed by atoms with Crippen molar-refractivity contribution in [1.29, 1.82) is 0 Å². The molecule has 0 saturated heterocycles. The van der Waals surface area contributed by atoms with Crippen molar-refractivity contribution in [2.45, 2.75) is 58.3 Å². The van der Waals surface area contributed by atoms with Crippen LogP contribution in [0.2, 0.25) is 0 Å². The van der Waals surface area contributed by atoms with Crippen molar-refractivity contribution >= 4 is 57.0 Å². The first kappa shape index (κ1) is 31.2. The molecule has 0 spiro atoms. The van der Waals surface area contributed by atoms with Gasteiger partial charge in [-0.25, -0.2) is 0 Å². The Bertz CT molecular complexity index is 2860. The third-order valence-electron chi connectivity index (χ3n) is 13.0. The topological polar surface area (TPSA) is 34.2 Å². The number of anilines is 5. The third kappa shape index (κ3) is 4.14. The fourth-order valence-electron chi connectivity index (χ4n) is 10.2. The van der Waals surface area contributed by atoms with E-state index >= 15 is 0 Å². The summed E-state index contributed by atoms with van der Waals surface area (Å²) in [6, 6.07) is 43.7. The number of para-hydroxylation sites is 5. The molecule has 0 aromatic heterocycles.